The molecule has 4 atom stereocenters. The first-order valence-corrected chi connectivity index (χ1v) is 14.2. The Kier molecular flexibility index (Phi) is 9.80. The molecule has 1 aromatic rings. The topological polar surface area (TPSA) is 110 Å². The van der Waals surface area contributed by atoms with E-state index in [1.165, 1.54) is 9.80 Å². The Morgan fingerprint density at radius 2 is 1.67 bits per heavy atom. The monoisotopic (exact) mass is 542 g/mol. The number of amides is 3. The van der Waals surface area contributed by atoms with E-state index in [1.54, 1.807) is 12.1 Å². The van der Waals surface area contributed by atoms with Gasteiger partial charge in [-0.25, -0.2) is 0 Å². The van der Waals surface area contributed by atoms with Crippen LogP contribution < -0.4 is 10.2 Å². The Balaban J connectivity index is 1.74. The summed E-state index contributed by atoms with van der Waals surface area (Å²) in [5.41, 5.74) is 1.25. The molecule has 2 aliphatic rings. The maximum atomic E-state index is 13.8. The molecule has 0 spiro atoms. The first kappa shape index (κ1) is 30.6. The maximum Gasteiger partial charge on any atom is 0.252 e. The van der Waals surface area contributed by atoms with E-state index in [9.17, 15) is 24.3 Å². The van der Waals surface area contributed by atoms with Crippen LogP contribution in [0.25, 0.3) is 0 Å². The highest BCUT2D eigenvalue weighted by molar-refractivity contribution is 6.01. The Hall–Kier alpha value is -2.94. The van der Waals surface area contributed by atoms with Crippen molar-refractivity contribution in [3.05, 3.63) is 29.8 Å². The van der Waals surface area contributed by atoms with Crippen molar-refractivity contribution in [2.75, 3.05) is 31.1 Å². The van der Waals surface area contributed by atoms with Crippen molar-refractivity contribution in [2.24, 2.45) is 11.3 Å². The summed E-state index contributed by atoms with van der Waals surface area (Å²) >= 11 is 0. The second kappa shape index (κ2) is 12.5. The number of aliphatic hydroxyl groups excluding tert-OH is 1. The number of carbonyl (C=O) groups excluding carboxylic acids is 4. The number of benzene rings is 1. The lowest BCUT2D eigenvalue weighted by Gasteiger charge is -2.30. The average Bonchev–Trinajstić information content (AvgIpc) is 3.44. The van der Waals surface area contributed by atoms with Gasteiger partial charge in [-0.1, -0.05) is 34.6 Å². The van der Waals surface area contributed by atoms with Gasteiger partial charge in [0.25, 0.3) is 11.8 Å². The number of nitrogens with zero attached hydrogens (tertiary/aromatic N) is 3. The van der Waals surface area contributed by atoms with Crippen LogP contribution in [-0.2, 0) is 14.4 Å². The van der Waals surface area contributed by atoms with Gasteiger partial charge in [-0.15, -0.1) is 0 Å². The first-order chi connectivity index (χ1) is 18.3. The molecule has 2 saturated heterocycles. The van der Waals surface area contributed by atoms with E-state index in [0.29, 0.717) is 24.9 Å². The summed E-state index contributed by atoms with van der Waals surface area (Å²) in [5, 5.41) is 13.4. The summed E-state index contributed by atoms with van der Waals surface area (Å²) in [7, 11) is 0. The minimum atomic E-state index is -1.19. The third kappa shape index (κ3) is 7.18. The van der Waals surface area contributed by atoms with E-state index in [4.69, 9.17) is 0 Å². The molecule has 9 nitrogen and oxygen atoms in total. The molecule has 2 fully saturated rings. The van der Waals surface area contributed by atoms with E-state index < -0.39 is 30.1 Å². The largest absolute Gasteiger partial charge is 0.383 e. The quantitative estimate of drug-likeness (QED) is 0.471. The second-order valence-electron chi connectivity index (χ2n) is 12.4. The number of anilines is 1. The van der Waals surface area contributed by atoms with Crippen LogP contribution in [0.1, 0.15) is 78.1 Å². The highest BCUT2D eigenvalue weighted by Crippen LogP contribution is 2.32. The Morgan fingerprint density at radius 3 is 2.21 bits per heavy atom. The molecule has 216 valence electrons. The minimum Gasteiger partial charge on any atom is -0.383 e. The van der Waals surface area contributed by atoms with Crippen LogP contribution in [0.2, 0.25) is 0 Å². The normalized spacial score (nSPS) is 20.7. The molecule has 0 aromatic heterocycles. The summed E-state index contributed by atoms with van der Waals surface area (Å²) in [4.78, 5) is 58.2. The molecule has 3 amide bonds. The lowest BCUT2D eigenvalue weighted by molar-refractivity contribution is -0.143. The number of carbonyl (C=O) groups is 4. The SMILES string of the molecule is CCN(CC)c1ccc(C(=O)NC(CC(C)C)C(=O)N2CCC3C2C(=O)CN3C(=O)C(O)CC(C)(C)C)cc1. The molecule has 2 heterocycles. The van der Waals surface area contributed by atoms with Gasteiger partial charge in [0.1, 0.15) is 18.2 Å². The van der Waals surface area contributed by atoms with Crippen LogP contribution in [-0.4, -0.2) is 88.8 Å². The number of rotatable bonds is 10. The van der Waals surface area contributed by atoms with Crippen molar-refractivity contribution >= 4 is 29.2 Å². The van der Waals surface area contributed by atoms with E-state index in [0.717, 1.165) is 18.8 Å². The number of hydrogen-bond donors (Lipinski definition) is 2. The Bertz CT molecular complexity index is 1040. The first-order valence-electron chi connectivity index (χ1n) is 14.2. The van der Waals surface area contributed by atoms with Gasteiger partial charge in [-0.3, -0.25) is 19.2 Å². The van der Waals surface area contributed by atoms with Crippen molar-refractivity contribution in [3.63, 3.8) is 0 Å². The number of ketones is 1. The number of aliphatic hydroxyl groups is 1. The molecule has 0 radical (unpaired) electrons. The van der Waals surface area contributed by atoms with Crippen LogP contribution in [0.4, 0.5) is 5.69 Å². The molecule has 0 saturated carbocycles. The average molecular weight is 543 g/mol. The van der Waals surface area contributed by atoms with Crippen LogP contribution >= 0.6 is 0 Å². The van der Waals surface area contributed by atoms with Gasteiger partial charge in [0.15, 0.2) is 5.78 Å². The molecule has 0 aliphatic carbocycles. The van der Waals surface area contributed by atoms with Crippen LogP contribution in [0.15, 0.2) is 24.3 Å². The van der Waals surface area contributed by atoms with Crippen molar-refractivity contribution in [2.45, 2.75) is 92.0 Å². The lowest BCUT2D eigenvalue weighted by atomic mass is 9.89. The molecule has 39 heavy (non-hydrogen) atoms. The minimum absolute atomic E-state index is 0.112. The molecule has 2 aliphatic heterocycles. The highest BCUT2D eigenvalue weighted by Gasteiger charge is 2.53. The van der Waals surface area contributed by atoms with Crippen LogP contribution in [0.5, 0.6) is 0 Å². The summed E-state index contributed by atoms with van der Waals surface area (Å²) in [5.74, 6) is -1.17. The van der Waals surface area contributed by atoms with Gasteiger partial charge >= 0.3 is 0 Å². The second-order valence-corrected chi connectivity index (χ2v) is 12.4. The van der Waals surface area contributed by atoms with Gasteiger partial charge < -0.3 is 25.1 Å². The maximum absolute atomic E-state index is 13.8. The number of hydrogen-bond acceptors (Lipinski definition) is 6. The summed E-state index contributed by atoms with van der Waals surface area (Å²) < 4.78 is 0. The Labute approximate surface area is 232 Å². The molecular formula is C30H46N4O5. The molecule has 0 bridgehead atoms. The molecule has 1 aromatic carbocycles. The molecule has 2 N–H and O–H groups in total. The third-order valence-corrected chi connectivity index (χ3v) is 7.65. The van der Waals surface area contributed by atoms with E-state index >= 15 is 0 Å². The third-order valence-electron chi connectivity index (χ3n) is 7.65. The smallest absolute Gasteiger partial charge is 0.252 e. The van der Waals surface area contributed by atoms with Gasteiger partial charge in [0.2, 0.25) is 5.91 Å². The van der Waals surface area contributed by atoms with Crippen molar-refractivity contribution in [3.8, 4) is 0 Å². The molecule has 3 rings (SSSR count). The van der Waals surface area contributed by atoms with E-state index in [1.807, 2.05) is 46.8 Å². The molecule has 9 heteroatoms. The van der Waals surface area contributed by atoms with Crippen molar-refractivity contribution in [1.82, 2.24) is 15.1 Å². The van der Waals surface area contributed by atoms with E-state index in [2.05, 4.69) is 24.1 Å². The van der Waals surface area contributed by atoms with Gasteiger partial charge in [-0.05, 0) is 68.7 Å². The van der Waals surface area contributed by atoms with Gasteiger partial charge in [-0.2, -0.15) is 0 Å². The molecule has 4 unspecified atom stereocenters. The number of nitrogens with one attached hydrogen (secondary N) is 1. The van der Waals surface area contributed by atoms with Crippen LogP contribution in [0.3, 0.4) is 0 Å². The van der Waals surface area contributed by atoms with Gasteiger partial charge in [0, 0.05) is 30.9 Å². The zero-order chi connectivity index (χ0) is 29.1. The molecular weight excluding hydrogens is 496 g/mol. The van der Waals surface area contributed by atoms with Gasteiger partial charge in [0.05, 0.1) is 12.6 Å². The number of likely N-dealkylation sites (tertiary alicyclic amines) is 2. The summed E-state index contributed by atoms with van der Waals surface area (Å²) in [6.45, 7) is 15.9. The van der Waals surface area contributed by atoms with E-state index in [-0.39, 0.29) is 41.9 Å². The standard InChI is InChI=1S/C30H46N4O5/c1-8-32(9-2)21-12-10-20(11-13-21)27(37)31-22(16-19(3)4)28(38)33-15-14-23-26(33)25(36)18-34(23)29(39)24(35)17-30(5,6)7/h10-13,19,22-24,26,35H,8-9,14-18H2,1-7H3,(H,31,37). The van der Waals surface area contributed by atoms with Crippen molar-refractivity contribution in [1.29, 1.82) is 0 Å². The highest BCUT2D eigenvalue weighted by atomic mass is 16.3. The predicted molar refractivity (Wildman–Crippen MR) is 151 cm³/mol. The van der Waals surface area contributed by atoms with Crippen LogP contribution in [0, 0.1) is 11.3 Å². The summed E-state index contributed by atoms with van der Waals surface area (Å²) in [6, 6.07) is 5.35. The number of fused-ring (bicyclic) bond motifs is 1. The zero-order valence-electron chi connectivity index (χ0n) is 24.6. The fourth-order valence-electron chi connectivity index (χ4n) is 5.76. The Morgan fingerprint density at radius 1 is 1.05 bits per heavy atom. The fraction of sp³-hybridized carbons (Fsp3) is 0.667. The van der Waals surface area contributed by atoms with Crippen molar-refractivity contribution < 1.29 is 24.3 Å². The lowest BCUT2D eigenvalue weighted by Crippen LogP contribution is -2.53. The summed E-state index contributed by atoms with van der Waals surface area (Å²) in [6.07, 6.45) is -0.0143. The fourth-order valence-corrected chi connectivity index (χ4v) is 5.76. The zero-order valence-corrected chi connectivity index (χ0v) is 24.6. The number of Topliss-reactive ketones (excluding diaryl/α,β-unsaturated/α-hetero) is 1. The predicted octanol–water partition coefficient (Wildman–Crippen LogP) is 2.86.